The summed E-state index contributed by atoms with van der Waals surface area (Å²) in [5.74, 6) is -0.0606. The largest absolute Gasteiger partial charge is 0.378 e. The Morgan fingerprint density at radius 1 is 1.38 bits per heavy atom. The summed E-state index contributed by atoms with van der Waals surface area (Å²) >= 11 is 0. The number of ether oxygens (including phenoxy) is 1. The van der Waals surface area contributed by atoms with Crippen LogP contribution >= 0.6 is 0 Å². The molecule has 0 saturated carbocycles. The second-order valence-corrected chi connectivity index (χ2v) is 3.66. The molecule has 0 aliphatic carbocycles. The highest BCUT2D eigenvalue weighted by Crippen LogP contribution is 2.00. The lowest BCUT2D eigenvalue weighted by atomic mass is 10.2. The van der Waals surface area contributed by atoms with E-state index in [1.807, 2.05) is 6.92 Å². The molecule has 92 valence electrons. The Morgan fingerprint density at radius 3 is 2.56 bits per heavy atom. The van der Waals surface area contributed by atoms with Crippen molar-refractivity contribution in [3.63, 3.8) is 0 Å². The second-order valence-electron chi connectivity index (χ2n) is 3.66. The minimum atomic E-state index is -0.496. The first-order valence-corrected chi connectivity index (χ1v) is 5.56. The smallest absolute Gasteiger partial charge is 0.315 e. The van der Waals surface area contributed by atoms with Crippen LogP contribution in [0.15, 0.2) is 0 Å². The summed E-state index contributed by atoms with van der Waals surface area (Å²) in [5.41, 5.74) is 0. The van der Waals surface area contributed by atoms with Gasteiger partial charge in [0.2, 0.25) is 5.91 Å². The third-order valence-corrected chi connectivity index (χ3v) is 2.38. The molecule has 1 heterocycles. The van der Waals surface area contributed by atoms with Crippen LogP contribution in [0.1, 0.15) is 13.8 Å². The maximum absolute atomic E-state index is 11.9. The molecule has 1 aliphatic heterocycles. The summed E-state index contributed by atoms with van der Waals surface area (Å²) in [5, 5.41) is 5.18. The zero-order chi connectivity index (χ0) is 12.0. The summed E-state index contributed by atoms with van der Waals surface area (Å²) < 4.78 is 5.16. The number of hydrogen-bond acceptors (Lipinski definition) is 3. The second kappa shape index (κ2) is 6.32. The van der Waals surface area contributed by atoms with Crippen LogP contribution in [0.3, 0.4) is 0 Å². The molecule has 0 aromatic heterocycles. The number of carbonyl (C=O) groups excluding carboxylic acids is 2. The quantitative estimate of drug-likeness (QED) is 0.689. The topological polar surface area (TPSA) is 70.7 Å². The van der Waals surface area contributed by atoms with Crippen LogP contribution in [-0.2, 0) is 9.53 Å². The van der Waals surface area contributed by atoms with Crippen molar-refractivity contribution in [3.8, 4) is 0 Å². The van der Waals surface area contributed by atoms with Gasteiger partial charge in [-0.2, -0.15) is 0 Å². The van der Waals surface area contributed by atoms with Crippen LogP contribution < -0.4 is 10.6 Å². The van der Waals surface area contributed by atoms with Gasteiger partial charge in [0.1, 0.15) is 6.04 Å². The van der Waals surface area contributed by atoms with Crippen molar-refractivity contribution in [1.29, 1.82) is 0 Å². The average molecular weight is 229 g/mol. The number of nitrogens with one attached hydrogen (secondary N) is 2. The molecule has 16 heavy (non-hydrogen) atoms. The molecule has 1 unspecified atom stereocenters. The van der Waals surface area contributed by atoms with Crippen molar-refractivity contribution in [1.82, 2.24) is 15.5 Å². The molecule has 3 amide bonds. The number of morpholine rings is 1. The summed E-state index contributed by atoms with van der Waals surface area (Å²) in [4.78, 5) is 24.8. The Labute approximate surface area is 95.3 Å². The Morgan fingerprint density at radius 2 is 2.00 bits per heavy atom. The molecular weight excluding hydrogens is 210 g/mol. The summed E-state index contributed by atoms with van der Waals surface area (Å²) in [6, 6.07) is -0.804. The predicted octanol–water partition coefficient (Wildman–Crippen LogP) is -0.447. The Hall–Kier alpha value is -1.30. The first-order chi connectivity index (χ1) is 7.65. The van der Waals surface area contributed by atoms with Crippen molar-refractivity contribution in [2.45, 2.75) is 19.9 Å². The van der Waals surface area contributed by atoms with Crippen molar-refractivity contribution < 1.29 is 14.3 Å². The molecule has 1 rings (SSSR count). The van der Waals surface area contributed by atoms with Crippen LogP contribution in [0.25, 0.3) is 0 Å². The SMILES string of the molecule is CCNC(=O)NC(C)C(=O)N1CCOCC1. The molecule has 1 atom stereocenters. The summed E-state index contributed by atoms with van der Waals surface area (Å²) in [7, 11) is 0. The molecule has 1 saturated heterocycles. The first kappa shape index (κ1) is 12.8. The lowest BCUT2D eigenvalue weighted by Crippen LogP contribution is -2.52. The molecule has 1 aliphatic rings. The van der Waals surface area contributed by atoms with Gasteiger partial charge in [0.25, 0.3) is 0 Å². The van der Waals surface area contributed by atoms with Gasteiger partial charge in [-0.25, -0.2) is 4.79 Å². The third kappa shape index (κ3) is 3.69. The highest BCUT2D eigenvalue weighted by atomic mass is 16.5. The lowest BCUT2D eigenvalue weighted by Gasteiger charge is -2.29. The van der Waals surface area contributed by atoms with Crippen molar-refractivity contribution in [2.24, 2.45) is 0 Å². The minimum Gasteiger partial charge on any atom is -0.378 e. The number of amides is 3. The number of urea groups is 1. The van der Waals surface area contributed by atoms with Gasteiger partial charge in [0.05, 0.1) is 13.2 Å². The summed E-state index contributed by atoms with van der Waals surface area (Å²) in [6.07, 6.45) is 0. The van der Waals surface area contributed by atoms with Crippen LogP contribution in [0.5, 0.6) is 0 Å². The van der Waals surface area contributed by atoms with Crippen LogP contribution in [0, 0.1) is 0 Å². The predicted molar refractivity (Wildman–Crippen MR) is 59.1 cm³/mol. The van der Waals surface area contributed by atoms with E-state index in [1.165, 1.54) is 0 Å². The van der Waals surface area contributed by atoms with E-state index in [2.05, 4.69) is 10.6 Å². The fourth-order valence-electron chi connectivity index (χ4n) is 1.53. The molecule has 0 radical (unpaired) electrons. The third-order valence-electron chi connectivity index (χ3n) is 2.38. The molecule has 2 N–H and O–H groups in total. The van der Waals surface area contributed by atoms with E-state index in [9.17, 15) is 9.59 Å². The van der Waals surface area contributed by atoms with Gasteiger partial charge >= 0.3 is 6.03 Å². The summed E-state index contributed by atoms with van der Waals surface area (Å²) in [6.45, 7) is 6.39. The van der Waals surface area contributed by atoms with Crippen LogP contribution in [0.4, 0.5) is 4.79 Å². The molecule has 0 aromatic rings. The molecule has 0 aromatic carbocycles. The van der Waals surface area contributed by atoms with Crippen LogP contribution in [0.2, 0.25) is 0 Å². The highest BCUT2D eigenvalue weighted by Gasteiger charge is 2.23. The molecular formula is C10H19N3O3. The monoisotopic (exact) mass is 229 g/mol. The van der Waals surface area contributed by atoms with Gasteiger partial charge in [-0.15, -0.1) is 0 Å². The number of nitrogens with zero attached hydrogens (tertiary/aromatic N) is 1. The molecule has 1 fully saturated rings. The highest BCUT2D eigenvalue weighted by molar-refractivity contribution is 5.86. The Bertz CT molecular complexity index is 252. The standard InChI is InChI=1S/C10H19N3O3/c1-3-11-10(15)12-8(2)9(14)13-4-6-16-7-5-13/h8H,3-7H2,1-2H3,(H2,11,12,15). The Balaban J connectivity index is 2.37. The maximum Gasteiger partial charge on any atom is 0.315 e. The van der Waals surface area contributed by atoms with Crippen LogP contribution in [-0.4, -0.2) is 55.7 Å². The fraction of sp³-hybridized carbons (Fsp3) is 0.800. The molecule has 0 bridgehead atoms. The van der Waals surface area contributed by atoms with Gasteiger partial charge in [0.15, 0.2) is 0 Å². The maximum atomic E-state index is 11.9. The minimum absolute atomic E-state index is 0.0606. The van der Waals surface area contributed by atoms with Gasteiger partial charge < -0.3 is 20.3 Å². The number of carbonyl (C=O) groups is 2. The van der Waals surface area contributed by atoms with E-state index in [-0.39, 0.29) is 11.9 Å². The molecule has 6 heteroatoms. The zero-order valence-electron chi connectivity index (χ0n) is 9.78. The van der Waals surface area contributed by atoms with Gasteiger partial charge in [-0.3, -0.25) is 4.79 Å². The molecule has 6 nitrogen and oxygen atoms in total. The van der Waals surface area contributed by atoms with E-state index in [1.54, 1.807) is 11.8 Å². The van der Waals surface area contributed by atoms with Crippen molar-refractivity contribution in [3.05, 3.63) is 0 Å². The number of hydrogen-bond donors (Lipinski definition) is 2. The van der Waals surface area contributed by atoms with Gasteiger partial charge in [-0.1, -0.05) is 0 Å². The van der Waals surface area contributed by atoms with E-state index in [4.69, 9.17) is 4.74 Å². The van der Waals surface area contributed by atoms with Gasteiger partial charge in [-0.05, 0) is 13.8 Å². The van der Waals surface area contributed by atoms with E-state index >= 15 is 0 Å². The lowest BCUT2D eigenvalue weighted by molar-refractivity contribution is -0.136. The normalized spacial score (nSPS) is 17.8. The van der Waals surface area contributed by atoms with E-state index in [0.29, 0.717) is 32.8 Å². The number of rotatable bonds is 3. The van der Waals surface area contributed by atoms with Gasteiger partial charge in [0, 0.05) is 19.6 Å². The Kier molecular flexibility index (Phi) is 5.04. The average Bonchev–Trinajstić information content (AvgIpc) is 2.29. The van der Waals surface area contributed by atoms with E-state index in [0.717, 1.165) is 0 Å². The zero-order valence-corrected chi connectivity index (χ0v) is 9.78. The fourth-order valence-corrected chi connectivity index (χ4v) is 1.53. The van der Waals surface area contributed by atoms with E-state index < -0.39 is 6.04 Å². The van der Waals surface area contributed by atoms with Crippen molar-refractivity contribution in [2.75, 3.05) is 32.8 Å². The first-order valence-electron chi connectivity index (χ1n) is 5.56. The molecule has 0 spiro atoms. The van der Waals surface area contributed by atoms with Crippen molar-refractivity contribution >= 4 is 11.9 Å².